The fraction of sp³-hybridized carbons (Fsp3) is 0.200. The molecule has 0 spiro atoms. The third kappa shape index (κ3) is 2.22. The Morgan fingerprint density at radius 3 is 2.74 bits per heavy atom. The SMILES string of the molecule is Cn1c(Cc2cncc(CN)c2)nc2ccccc21. The number of para-hydroxylation sites is 2. The molecule has 0 fully saturated rings. The number of aromatic nitrogens is 3. The summed E-state index contributed by atoms with van der Waals surface area (Å²) in [5.41, 5.74) is 10.0. The molecule has 4 nitrogen and oxygen atoms in total. The molecule has 0 atom stereocenters. The number of aryl methyl sites for hydroxylation is 1. The van der Waals surface area contributed by atoms with Crippen molar-refractivity contribution in [3.8, 4) is 0 Å². The van der Waals surface area contributed by atoms with Gasteiger partial charge in [0.2, 0.25) is 0 Å². The molecule has 0 aliphatic carbocycles. The lowest BCUT2D eigenvalue weighted by molar-refractivity contribution is 0.840. The minimum Gasteiger partial charge on any atom is -0.331 e. The minimum atomic E-state index is 0.517. The summed E-state index contributed by atoms with van der Waals surface area (Å²) in [5.74, 6) is 1.04. The summed E-state index contributed by atoms with van der Waals surface area (Å²) in [6.45, 7) is 0.517. The summed E-state index contributed by atoms with van der Waals surface area (Å²) in [6.07, 6.45) is 4.45. The van der Waals surface area contributed by atoms with Crippen molar-refractivity contribution in [2.45, 2.75) is 13.0 Å². The molecule has 1 aromatic carbocycles. The second-order valence-corrected chi connectivity index (χ2v) is 4.66. The van der Waals surface area contributed by atoms with E-state index < -0.39 is 0 Å². The van der Waals surface area contributed by atoms with E-state index in [4.69, 9.17) is 5.73 Å². The number of benzene rings is 1. The number of nitrogens with two attached hydrogens (primary N) is 1. The Bertz CT molecular complexity index is 715. The Balaban J connectivity index is 1.98. The monoisotopic (exact) mass is 252 g/mol. The van der Waals surface area contributed by atoms with Gasteiger partial charge in [0, 0.05) is 32.4 Å². The molecule has 0 bridgehead atoms. The van der Waals surface area contributed by atoms with Crippen LogP contribution in [-0.4, -0.2) is 14.5 Å². The van der Waals surface area contributed by atoms with Crippen molar-refractivity contribution in [2.24, 2.45) is 12.8 Å². The topological polar surface area (TPSA) is 56.7 Å². The zero-order valence-electron chi connectivity index (χ0n) is 10.9. The molecule has 3 aromatic rings. The first-order valence-corrected chi connectivity index (χ1v) is 6.31. The van der Waals surface area contributed by atoms with Gasteiger partial charge < -0.3 is 10.3 Å². The molecular weight excluding hydrogens is 236 g/mol. The molecule has 2 heterocycles. The van der Waals surface area contributed by atoms with Gasteiger partial charge in [-0.1, -0.05) is 18.2 Å². The van der Waals surface area contributed by atoms with Gasteiger partial charge in [-0.2, -0.15) is 0 Å². The van der Waals surface area contributed by atoms with Gasteiger partial charge in [0.25, 0.3) is 0 Å². The molecule has 96 valence electrons. The molecule has 19 heavy (non-hydrogen) atoms. The van der Waals surface area contributed by atoms with E-state index in [1.807, 2.05) is 31.4 Å². The van der Waals surface area contributed by atoms with Crippen molar-refractivity contribution in [3.63, 3.8) is 0 Å². The second-order valence-electron chi connectivity index (χ2n) is 4.66. The highest BCUT2D eigenvalue weighted by Crippen LogP contribution is 2.17. The highest BCUT2D eigenvalue weighted by atomic mass is 15.1. The predicted molar refractivity (Wildman–Crippen MR) is 75.6 cm³/mol. The number of hydrogen-bond donors (Lipinski definition) is 1. The second kappa shape index (κ2) is 4.82. The molecule has 0 radical (unpaired) electrons. The summed E-state index contributed by atoms with van der Waals surface area (Å²) in [5, 5.41) is 0. The van der Waals surface area contributed by atoms with Crippen LogP contribution in [0.4, 0.5) is 0 Å². The van der Waals surface area contributed by atoms with Gasteiger partial charge in [-0.3, -0.25) is 4.98 Å². The first-order valence-electron chi connectivity index (χ1n) is 6.31. The highest BCUT2D eigenvalue weighted by Gasteiger charge is 2.08. The van der Waals surface area contributed by atoms with E-state index in [1.165, 1.54) is 0 Å². The first kappa shape index (κ1) is 11.9. The number of imidazole rings is 1. The van der Waals surface area contributed by atoms with Gasteiger partial charge in [-0.05, 0) is 23.3 Å². The van der Waals surface area contributed by atoms with Crippen LogP contribution < -0.4 is 5.73 Å². The summed E-state index contributed by atoms with van der Waals surface area (Å²) < 4.78 is 2.13. The zero-order chi connectivity index (χ0) is 13.2. The molecule has 0 amide bonds. The van der Waals surface area contributed by atoms with Gasteiger partial charge in [0.15, 0.2) is 0 Å². The number of fused-ring (bicyclic) bond motifs is 1. The van der Waals surface area contributed by atoms with Gasteiger partial charge in [0.1, 0.15) is 5.82 Å². The third-order valence-electron chi connectivity index (χ3n) is 3.33. The summed E-state index contributed by atoms with van der Waals surface area (Å²) in [6, 6.07) is 10.3. The molecule has 3 rings (SSSR count). The van der Waals surface area contributed by atoms with Crippen molar-refractivity contribution in [1.29, 1.82) is 0 Å². The lowest BCUT2D eigenvalue weighted by Crippen LogP contribution is -2.02. The molecule has 0 saturated heterocycles. The van der Waals surface area contributed by atoms with E-state index >= 15 is 0 Å². The number of hydrogen-bond acceptors (Lipinski definition) is 3. The fourth-order valence-electron chi connectivity index (χ4n) is 2.29. The Kier molecular flexibility index (Phi) is 3.01. The molecule has 2 aromatic heterocycles. The first-order chi connectivity index (χ1) is 9.28. The Hall–Kier alpha value is -2.20. The maximum absolute atomic E-state index is 5.64. The largest absolute Gasteiger partial charge is 0.331 e. The van der Waals surface area contributed by atoms with Crippen molar-refractivity contribution in [1.82, 2.24) is 14.5 Å². The van der Waals surface area contributed by atoms with E-state index in [1.54, 1.807) is 6.20 Å². The quantitative estimate of drug-likeness (QED) is 0.776. The average Bonchev–Trinajstić information content (AvgIpc) is 2.76. The standard InChI is InChI=1S/C15H16N4/c1-19-14-5-3-2-4-13(14)18-15(19)7-11-6-12(8-16)10-17-9-11/h2-6,9-10H,7-8,16H2,1H3. The zero-order valence-corrected chi connectivity index (χ0v) is 10.9. The van der Waals surface area contributed by atoms with Crippen LogP contribution in [0.1, 0.15) is 17.0 Å². The van der Waals surface area contributed by atoms with E-state index in [2.05, 4.69) is 26.7 Å². The van der Waals surface area contributed by atoms with Gasteiger partial charge in [0.05, 0.1) is 11.0 Å². The molecule has 2 N–H and O–H groups in total. The number of rotatable bonds is 3. The smallest absolute Gasteiger partial charge is 0.114 e. The average molecular weight is 252 g/mol. The summed E-state index contributed by atoms with van der Waals surface area (Å²) >= 11 is 0. The minimum absolute atomic E-state index is 0.517. The highest BCUT2D eigenvalue weighted by molar-refractivity contribution is 5.75. The molecule has 0 saturated carbocycles. The van der Waals surface area contributed by atoms with E-state index in [9.17, 15) is 0 Å². The Morgan fingerprint density at radius 2 is 1.95 bits per heavy atom. The van der Waals surface area contributed by atoms with Crippen LogP contribution in [0.3, 0.4) is 0 Å². The van der Waals surface area contributed by atoms with Crippen molar-refractivity contribution in [3.05, 3.63) is 59.7 Å². The molecule has 0 aliphatic heterocycles. The lowest BCUT2D eigenvalue weighted by atomic mass is 10.1. The van der Waals surface area contributed by atoms with Gasteiger partial charge in [-0.25, -0.2) is 4.98 Å². The number of nitrogens with zero attached hydrogens (tertiary/aromatic N) is 3. The normalized spacial score (nSPS) is 11.1. The van der Waals surface area contributed by atoms with Crippen LogP contribution in [-0.2, 0) is 20.0 Å². The Morgan fingerprint density at radius 1 is 1.16 bits per heavy atom. The molecular formula is C15H16N4. The van der Waals surface area contributed by atoms with Gasteiger partial charge in [-0.15, -0.1) is 0 Å². The van der Waals surface area contributed by atoms with Crippen molar-refractivity contribution < 1.29 is 0 Å². The van der Waals surface area contributed by atoms with Crippen molar-refractivity contribution in [2.75, 3.05) is 0 Å². The Labute approximate surface area is 111 Å². The van der Waals surface area contributed by atoms with Crippen LogP contribution in [0.25, 0.3) is 11.0 Å². The van der Waals surface area contributed by atoms with Crippen LogP contribution in [0.2, 0.25) is 0 Å². The maximum atomic E-state index is 5.64. The van der Waals surface area contributed by atoms with Crippen LogP contribution in [0, 0.1) is 0 Å². The van der Waals surface area contributed by atoms with Crippen LogP contribution in [0.5, 0.6) is 0 Å². The van der Waals surface area contributed by atoms with Gasteiger partial charge >= 0.3 is 0 Å². The van der Waals surface area contributed by atoms with E-state index in [-0.39, 0.29) is 0 Å². The third-order valence-corrected chi connectivity index (χ3v) is 3.33. The lowest BCUT2D eigenvalue weighted by Gasteiger charge is -2.04. The van der Waals surface area contributed by atoms with E-state index in [0.717, 1.165) is 34.4 Å². The number of pyridine rings is 1. The van der Waals surface area contributed by atoms with E-state index in [0.29, 0.717) is 6.54 Å². The maximum Gasteiger partial charge on any atom is 0.114 e. The summed E-state index contributed by atoms with van der Waals surface area (Å²) in [4.78, 5) is 8.89. The van der Waals surface area contributed by atoms with Crippen LogP contribution in [0.15, 0.2) is 42.7 Å². The van der Waals surface area contributed by atoms with Crippen LogP contribution >= 0.6 is 0 Å². The fourth-order valence-corrected chi connectivity index (χ4v) is 2.29. The summed E-state index contributed by atoms with van der Waals surface area (Å²) in [7, 11) is 2.05. The molecule has 0 aliphatic rings. The molecule has 0 unspecified atom stereocenters. The molecule has 4 heteroatoms. The predicted octanol–water partition coefficient (Wildman–Crippen LogP) is 2.02. The van der Waals surface area contributed by atoms with Crippen molar-refractivity contribution >= 4 is 11.0 Å².